The highest BCUT2D eigenvalue weighted by Gasteiger charge is 2.35. The van der Waals surface area contributed by atoms with Gasteiger partial charge >= 0.3 is 0 Å². The van der Waals surface area contributed by atoms with Crippen LogP contribution >= 0.6 is 11.6 Å². The molecule has 0 N–H and O–H groups in total. The number of benzene rings is 2. The largest absolute Gasteiger partial charge is 0.356 e. The molecule has 0 bridgehead atoms. The summed E-state index contributed by atoms with van der Waals surface area (Å²) in [4.78, 5) is 40.6. The summed E-state index contributed by atoms with van der Waals surface area (Å²) < 4.78 is 5.56. The second-order valence-corrected chi connectivity index (χ2v) is 8.36. The summed E-state index contributed by atoms with van der Waals surface area (Å²) in [5, 5.41) is 4.83. The number of carbonyl (C=O) groups is 3. The number of amides is 3. The molecule has 162 valence electrons. The van der Waals surface area contributed by atoms with Gasteiger partial charge in [0.1, 0.15) is 5.69 Å². The molecule has 3 heterocycles. The summed E-state index contributed by atoms with van der Waals surface area (Å²) in [5.41, 5.74) is 3.53. The van der Waals surface area contributed by atoms with E-state index in [4.69, 9.17) is 16.1 Å². The van der Waals surface area contributed by atoms with Gasteiger partial charge in [0.25, 0.3) is 11.8 Å². The lowest BCUT2D eigenvalue weighted by Gasteiger charge is -2.26. The van der Waals surface area contributed by atoms with E-state index < -0.39 is 0 Å². The lowest BCUT2D eigenvalue weighted by Crippen LogP contribution is -2.37. The Balaban J connectivity index is 1.18. The Bertz CT molecular complexity index is 1180. The minimum atomic E-state index is -0.294. The van der Waals surface area contributed by atoms with Gasteiger partial charge in [-0.1, -0.05) is 28.9 Å². The van der Waals surface area contributed by atoms with Gasteiger partial charge in [0.05, 0.1) is 17.7 Å². The Morgan fingerprint density at radius 2 is 1.72 bits per heavy atom. The highest BCUT2D eigenvalue weighted by Crippen LogP contribution is 2.31. The van der Waals surface area contributed by atoms with Gasteiger partial charge < -0.3 is 9.42 Å². The second-order valence-electron chi connectivity index (χ2n) is 7.92. The molecule has 2 aromatic carbocycles. The van der Waals surface area contributed by atoms with Gasteiger partial charge in [-0.3, -0.25) is 19.3 Å². The minimum Gasteiger partial charge on any atom is -0.356 e. The van der Waals surface area contributed by atoms with E-state index in [-0.39, 0.29) is 30.7 Å². The smallest absolute Gasteiger partial charge is 0.261 e. The van der Waals surface area contributed by atoms with E-state index >= 15 is 0 Å². The van der Waals surface area contributed by atoms with Crippen molar-refractivity contribution in [1.29, 1.82) is 0 Å². The number of nitrogens with zero attached hydrogens (tertiary/aromatic N) is 3. The molecule has 0 atom stereocenters. The van der Waals surface area contributed by atoms with E-state index in [9.17, 15) is 14.4 Å². The van der Waals surface area contributed by atoms with Crippen molar-refractivity contribution in [2.45, 2.75) is 25.8 Å². The molecule has 3 amide bonds. The molecule has 2 aliphatic heterocycles. The van der Waals surface area contributed by atoms with Gasteiger partial charge in [0.15, 0.2) is 5.76 Å². The zero-order valence-corrected chi connectivity index (χ0v) is 18.0. The van der Waals surface area contributed by atoms with Crippen molar-refractivity contribution >= 4 is 29.3 Å². The van der Waals surface area contributed by atoms with Crippen LogP contribution in [0.2, 0.25) is 5.02 Å². The SMILES string of the molecule is O=C(CCCN1C(=O)c2ccccc2C1=O)N1CCc2c(noc2-c2ccc(Cl)cc2)C1. The van der Waals surface area contributed by atoms with Crippen LogP contribution in [-0.2, 0) is 17.8 Å². The normalized spacial score (nSPS) is 15.2. The first-order valence-corrected chi connectivity index (χ1v) is 10.9. The quantitative estimate of drug-likeness (QED) is 0.550. The third-order valence-corrected chi connectivity index (χ3v) is 6.20. The van der Waals surface area contributed by atoms with Crippen LogP contribution < -0.4 is 0 Å². The third-order valence-electron chi connectivity index (χ3n) is 5.95. The number of rotatable bonds is 5. The van der Waals surface area contributed by atoms with Gasteiger partial charge in [0, 0.05) is 35.7 Å². The van der Waals surface area contributed by atoms with Crippen LogP contribution in [0.1, 0.15) is 44.8 Å². The number of carbonyl (C=O) groups excluding carboxylic acids is 3. The molecule has 0 spiro atoms. The summed E-state index contributed by atoms with van der Waals surface area (Å²) in [7, 11) is 0. The van der Waals surface area contributed by atoms with E-state index in [2.05, 4.69) is 5.16 Å². The molecule has 0 saturated heterocycles. The lowest BCUT2D eigenvalue weighted by molar-refractivity contribution is -0.132. The third kappa shape index (κ3) is 3.58. The number of aromatic nitrogens is 1. The average Bonchev–Trinajstić information content (AvgIpc) is 3.34. The molecule has 0 radical (unpaired) electrons. The molecule has 0 fully saturated rings. The fraction of sp³-hybridized carbons (Fsp3) is 0.250. The summed E-state index contributed by atoms with van der Waals surface area (Å²) >= 11 is 5.96. The van der Waals surface area contributed by atoms with E-state index in [1.807, 2.05) is 12.1 Å². The topological polar surface area (TPSA) is 83.7 Å². The van der Waals surface area contributed by atoms with Crippen LogP contribution in [0.15, 0.2) is 53.1 Å². The van der Waals surface area contributed by atoms with Crippen LogP contribution in [0.4, 0.5) is 0 Å². The van der Waals surface area contributed by atoms with E-state index in [1.165, 1.54) is 4.90 Å². The number of fused-ring (bicyclic) bond motifs is 2. The summed E-state index contributed by atoms with van der Waals surface area (Å²) in [6.45, 7) is 1.18. The molecule has 2 aliphatic rings. The van der Waals surface area contributed by atoms with Crippen molar-refractivity contribution in [2.75, 3.05) is 13.1 Å². The molecule has 5 rings (SSSR count). The maximum absolute atomic E-state index is 12.7. The maximum atomic E-state index is 12.7. The summed E-state index contributed by atoms with van der Waals surface area (Å²) in [6.07, 6.45) is 1.33. The van der Waals surface area contributed by atoms with Crippen LogP contribution in [0.3, 0.4) is 0 Å². The van der Waals surface area contributed by atoms with Crippen LogP contribution in [0.5, 0.6) is 0 Å². The molecule has 0 aliphatic carbocycles. The van der Waals surface area contributed by atoms with Crippen molar-refractivity contribution in [2.24, 2.45) is 0 Å². The minimum absolute atomic E-state index is 0.0247. The number of halogens is 1. The Morgan fingerprint density at radius 3 is 2.41 bits per heavy atom. The molecule has 0 unspecified atom stereocenters. The molecule has 7 nitrogen and oxygen atoms in total. The van der Waals surface area contributed by atoms with E-state index in [0.717, 1.165) is 22.6 Å². The Labute approximate surface area is 189 Å². The fourth-order valence-corrected chi connectivity index (χ4v) is 4.39. The van der Waals surface area contributed by atoms with Gasteiger partial charge in [-0.15, -0.1) is 0 Å². The highest BCUT2D eigenvalue weighted by atomic mass is 35.5. The van der Waals surface area contributed by atoms with Crippen molar-refractivity contribution in [3.05, 3.63) is 75.9 Å². The van der Waals surface area contributed by atoms with Gasteiger partial charge in [-0.2, -0.15) is 0 Å². The first-order chi connectivity index (χ1) is 15.5. The molecule has 8 heteroatoms. The van der Waals surface area contributed by atoms with Crippen molar-refractivity contribution in [3.63, 3.8) is 0 Å². The van der Waals surface area contributed by atoms with Gasteiger partial charge in [-0.25, -0.2) is 0 Å². The Hall–Kier alpha value is -3.45. The zero-order chi connectivity index (χ0) is 22.2. The fourth-order valence-electron chi connectivity index (χ4n) is 4.26. The number of imide groups is 1. The van der Waals surface area contributed by atoms with Crippen LogP contribution in [0, 0.1) is 0 Å². The average molecular weight is 450 g/mol. The van der Waals surface area contributed by atoms with Crippen molar-refractivity contribution < 1.29 is 18.9 Å². The standard InChI is InChI=1S/C24H20ClN3O4/c25-16-9-7-15(8-10-16)22-19-11-13-27(14-20(19)26-32-22)21(29)6-3-12-28-23(30)17-4-1-2-5-18(17)24(28)31/h1-2,4-5,7-10H,3,6,11-14H2. The molecule has 32 heavy (non-hydrogen) atoms. The van der Waals surface area contributed by atoms with Crippen molar-refractivity contribution in [3.8, 4) is 11.3 Å². The summed E-state index contributed by atoms with van der Waals surface area (Å²) in [6, 6.07) is 14.2. The molecule has 0 saturated carbocycles. The maximum Gasteiger partial charge on any atom is 0.261 e. The molecule has 3 aromatic rings. The lowest BCUT2D eigenvalue weighted by atomic mass is 10.0. The van der Waals surface area contributed by atoms with Crippen molar-refractivity contribution in [1.82, 2.24) is 15.0 Å². The molecule has 1 aromatic heterocycles. The first-order valence-electron chi connectivity index (χ1n) is 10.5. The number of hydrogen-bond acceptors (Lipinski definition) is 5. The monoisotopic (exact) mass is 449 g/mol. The molecular formula is C24H20ClN3O4. The van der Waals surface area contributed by atoms with Gasteiger partial charge in [0.2, 0.25) is 5.91 Å². The second kappa shape index (κ2) is 8.24. The van der Waals surface area contributed by atoms with Gasteiger partial charge in [-0.05, 0) is 49.2 Å². The number of hydrogen-bond donors (Lipinski definition) is 0. The van der Waals surface area contributed by atoms with E-state index in [0.29, 0.717) is 42.1 Å². The Kier molecular flexibility index (Phi) is 5.27. The predicted molar refractivity (Wildman–Crippen MR) is 117 cm³/mol. The zero-order valence-electron chi connectivity index (χ0n) is 17.2. The first kappa shape index (κ1) is 20.5. The van der Waals surface area contributed by atoms with Crippen LogP contribution in [-0.4, -0.2) is 45.8 Å². The van der Waals surface area contributed by atoms with E-state index in [1.54, 1.807) is 41.3 Å². The summed E-state index contributed by atoms with van der Waals surface area (Å²) in [5.74, 6) is 0.105. The highest BCUT2D eigenvalue weighted by molar-refractivity contribution is 6.30. The molecular weight excluding hydrogens is 430 g/mol. The van der Waals surface area contributed by atoms with Crippen LogP contribution in [0.25, 0.3) is 11.3 Å². The predicted octanol–water partition coefficient (Wildman–Crippen LogP) is 3.96. The Morgan fingerprint density at radius 1 is 1.03 bits per heavy atom.